The molecule has 0 radical (unpaired) electrons. The number of benzene rings is 2. The fourth-order valence-electron chi connectivity index (χ4n) is 2.59. The van der Waals surface area contributed by atoms with Crippen LogP contribution in [0.5, 0.6) is 0 Å². The molecule has 2 aromatic carbocycles. The van der Waals surface area contributed by atoms with Crippen LogP contribution in [0.15, 0.2) is 47.6 Å². The predicted molar refractivity (Wildman–Crippen MR) is 80.5 cm³/mol. The lowest BCUT2D eigenvalue weighted by Gasteiger charge is -2.09. The van der Waals surface area contributed by atoms with Crippen LogP contribution in [-0.2, 0) is 6.42 Å². The predicted octanol–water partition coefficient (Wildman–Crippen LogP) is 4.51. The second-order valence-corrected chi connectivity index (χ2v) is 5.16. The maximum absolute atomic E-state index is 13.6. The molecule has 0 aromatic heterocycles. The molecule has 2 aromatic rings. The Morgan fingerprint density at radius 1 is 0.952 bits per heavy atom. The lowest BCUT2D eigenvalue weighted by atomic mass is 10.0. The van der Waals surface area contributed by atoms with Crippen LogP contribution in [0.3, 0.4) is 0 Å². The van der Waals surface area contributed by atoms with Crippen LogP contribution in [-0.4, -0.2) is 5.71 Å². The van der Waals surface area contributed by atoms with Crippen molar-refractivity contribution in [3.8, 4) is 0 Å². The summed E-state index contributed by atoms with van der Waals surface area (Å²) in [6, 6.07) is 11.6. The number of nitrogens with zero attached hydrogens (tertiary/aromatic N) is 1. The van der Waals surface area contributed by atoms with Gasteiger partial charge in [0.15, 0.2) is 5.82 Å². The fourth-order valence-corrected chi connectivity index (χ4v) is 2.59. The molecule has 3 rings (SSSR count). The SMILES string of the molecule is Fc1ccc(N/N=C2/CCCCc3ccccc32)c(F)c1. The van der Waals surface area contributed by atoms with E-state index in [-0.39, 0.29) is 5.69 Å². The second-order valence-electron chi connectivity index (χ2n) is 5.16. The van der Waals surface area contributed by atoms with Gasteiger partial charge in [0.1, 0.15) is 5.82 Å². The molecule has 1 aliphatic carbocycles. The third-order valence-electron chi connectivity index (χ3n) is 3.68. The minimum Gasteiger partial charge on any atom is -0.275 e. The van der Waals surface area contributed by atoms with E-state index in [0.717, 1.165) is 43.0 Å². The summed E-state index contributed by atoms with van der Waals surface area (Å²) in [5, 5.41) is 4.35. The standard InChI is InChI=1S/C17H16F2N2/c18-13-9-10-17(15(19)11-13)21-20-16-8-4-2-6-12-5-1-3-7-14(12)16/h1,3,5,7,9-11,21H,2,4,6,8H2/b20-16-. The number of nitrogens with one attached hydrogen (secondary N) is 1. The highest BCUT2D eigenvalue weighted by Crippen LogP contribution is 2.22. The average molecular weight is 286 g/mol. The molecular formula is C17H16F2N2. The fraction of sp³-hybridized carbons (Fsp3) is 0.235. The summed E-state index contributed by atoms with van der Waals surface area (Å²) in [5.41, 5.74) is 6.22. The highest BCUT2D eigenvalue weighted by molar-refractivity contribution is 6.02. The van der Waals surface area contributed by atoms with Crippen molar-refractivity contribution in [3.63, 3.8) is 0 Å². The van der Waals surface area contributed by atoms with Gasteiger partial charge in [0.25, 0.3) is 0 Å². The number of hydrazone groups is 1. The first kappa shape index (κ1) is 13.7. The largest absolute Gasteiger partial charge is 0.275 e. The molecule has 0 unspecified atom stereocenters. The summed E-state index contributed by atoms with van der Waals surface area (Å²) in [5.74, 6) is -1.23. The lowest BCUT2D eigenvalue weighted by molar-refractivity contribution is 0.585. The van der Waals surface area contributed by atoms with Crippen molar-refractivity contribution < 1.29 is 8.78 Å². The zero-order valence-electron chi connectivity index (χ0n) is 11.6. The van der Waals surface area contributed by atoms with Crippen LogP contribution < -0.4 is 5.43 Å². The van der Waals surface area contributed by atoms with E-state index in [9.17, 15) is 8.78 Å². The molecule has 2 nitrogen and oxygen atoms in total. The quantitative estimate of drug-likeness (QED) is 0.637. The molecule has 4 heteroatoms. The van der Waals surface area contributed by atoms with Crippen molar-refractivity contribution in [1.82, 2.24) is 0 Å². The zero-order valence-corrected chi connectivity index (χ0v) is 11.6. The minimum atomic E-state index is -0.638. The number of hydrogen-bond acceptors (Lipinski definition) is 2. The van der Waals surface area contributed by atoms with Gasteiger partial charge < -0.3 is 0 Å². The number of fused-ring (bicyclic) bond motifs is 1. The van der Waals surface area contributed by atoms with E-state index in [4.69, 9.17) is 0 Å². The van der Waals surface area contributed by atoms with Gasteiger partial charge in [-0.15, -0.1) is 0 Å². The summed E-state index contributed by atoms with van der Waals surface area (Å²) in [4.78, 5) is 0. The summed E-state index contributed by atoms with van der Waals surface area (Å²) in [7, 11) is 0. The summed E-state index contributed by atoms with van der Waals surface area (Å²) < 4.78 is 26.5. The third kappa shape index (κ3) is 3.10. The first-order valence-corrected chi connectivity index (χ1v) is 7.10. The van der Waals surface area contributed by atoms with Gasteiger partial charge in [0, 0.05) is 11.6 Å². The first-order valence-electron chi connectivity index (χ1n) is 7.10. The summed E-state index contributed by atoms with van der Waals surface area (Å²) in [6.45, 7) is 0. The Kier molecular flexibility index (Phi) is 3.95. The van der Waals surface area contributed by atoms with Crippen molar-refractivity contribution >= 4 is 11.4 Å². The van der Waals surface area contributed by atoms with Crippen LogP contribution in [0, 0.1) is 11.6 Å². The Balaban J connectivity index is 1.89. The molecule has 0 aliphatic heterocycles. The molecule has 21 heavy (non-hydrogen) atoms. The summed E-state index contributed by atoms with van der Waals surface area (Å²) in [6.07, 6.45) is 4.08. The molecule has 108 valence electrons. The molecule has 0 fully saturated rings. The van der Waals surface area contributed by atoms with Crippen molar-refractivity contribution in [3.05, 3.63) is 65.2 Å². The molecule has 1 aliphatic rings. The Morgan fingerprint density at radius 3 is 2.62 bits per heavy atom. The lowest BCUT2D eigenvalue weighted by Crippen LogP contribution is -2.06. The number of hydrogen-bond donors (Lipinski definition) is 1. The van der Waals surface area contributed by atoms with Gasteiger partial charge in [-0.1, -0.05) is 24.3 Å². The van der Waals surface area contributed by atoms with E-state index < -0.39 is 11.6 Å². The van der Waals surface area contributed by atoms with Gasteiger partial charge in [-0.25, -0.2) is 8.78 Å². The van der Waals surface area contributed by atoms with Crippen LogP contribution in [0.2, 0.25) is 0 Å². The van der Waals surface area contributed by atoms with Gasteiger partial charge in [-0.2, -0.15) is 5.10 Å². The molecule has 0 spiro atoms. The van der Waals surface area contributed by atoms with E-state index >= 15 is 0 Å². The molecule has 1 N–H and O–H groups in total. The molecule has 0 saturated heterocycles. The van der Waals surface area contributed by atoms with Crippen LogP contribution in [0.4, 0.5) is 14.5 Å². The average Bonchev–Trinajstić information content (AvgIpc) is 2.69. The Morgan fingerprint density at radius 2 is 1.76 bits per heavy atom. The Labute approximate surface area is 122 Å². The zero-order chi connectivity index (χ0) is 14.7. The molecular weight excluding hydrogens is 270 g/mol. The maximum Gasteiger partial charge on any atom is 0.151 e. The van der Waals surface area contributed by atoms with E-state index in [2.05, 4.69) is 16.6 Å². The maximum atomic E-state index is 13.6. The van der Waals surface area contributed by atoms with Gasteiger partial charge in [0.2, 0.25) is 0 Å². The van der Waals surface area contributed by atoms with Crippen LogP contribution >= 0.6 is 0 Å². The molecule has 0 amide bonds. The monoisotopic (exact) mass is 286 g/mol. The van der Waals surface area contributed by atoms with Gasteiger partial charge in [0.05, 0.1) is 11.4 Å². The normalized spacial score (nSPS) is 16.4. The minimum absolute atomic E-state index is 0.186. The molecule has 0 heterocycles. The number of anilines is 1. The Bertz CT molecular complexity index is 680. The van der Waals surface area contributed by atoms with Gasteiger partial charge in [-0.3, -0.25) is 5.43 Å². The molecule has 0 atom stereocenters. The second kappa shape index (κ2) is 6.04. The van der Waals surface area contributed by atoms with E-state index in [1.54, 1.807) is 0 Å². The number of halogens is 2. The molecule has 0 saturated carbocycles. The third-order valence-corrected chi connectivity index (χ3v) is 3.68. The van der Waals surface area contributed by atoms with Crippen molar-refractivity contribution in [2.24, 2.45) is 5.10 Å². The van der Waals surface area contributed by atoms with Crippen molar-refractivity contribution in [1.29, 1.82) is 0 Å². The van der Waals surface area contributed by atoms with Gasteiger partial charge >= 0.3 is 0 Å². The van der Waals surface area contributed by atoms with E-state index in [1.807, 2.05) is 18.2 Å². The van der Waals surface area contributed by atoms with Crippen molar-refractivity contribution in [2.45, 2.75) is 25.7 Å². The Hall–Kier alpha value is -2.23. The highest BCUT2D eigenvalue weighted by atomic mass is 19.1. The van der Waals surface area contributed by atoms with E-state index in [0.29, 0.717) is 0 Å². The number of rotatable bonds is 2. The van der Waals surface area contributed by atoms with Crippen molar-refractivity contribution in [2.75, 3.05) is 5.43 Å². The molecule has 0 bridgehead atoms. The highest BCUT2D eigenvalue weighted by Gasteiger charge is 2.13. The topological polar surface area (TPSA) is 24.4 Å². The van der Waals surface area contributed by atoms with Crippen LogP contribution in [0.25, 0.3) is 0 Å². The summed E-state index contributed by atoms with van der Waals surface area (Å²) >= 11 is 0. The number of aryl methyl sites for hydroxylation is 1. The van der Waals surface area contributed by atoms with Crippen LogP contribution in [0.1, 0.15) is 30.4 Å². The van der Waals surface area contributed by atoms with E-state index in [1.165, 1.54) is 17.7 Å². The first-order chi connectivity index (χ1) is 10.2. The van der Waals surface area contributed by atoms with Gasteiger partial charge in [-0.05, 0) is 43.4 Å². The smallest absolute Gasteiger partial charge is 0.151 e.